The molecule has 2 aromatic carbocycles. The smallest absolute Gasteiger partial charge is 0.159 e. The number of hydrazone groups is 1. The van der Waals surface area contributed by atoms with Gasteiger partial charge in [0.1, 0.15) is 10.8 Å². The Morgan fingerprint density at radius 3 is 2.30 bits per heavy atom. The normalized spacial score (nSPS) is 10.9. The SMILES string of the molecule is COc1c(Cl)cc(/C=N/Nc2ccc(C)c(Cl)c2)c(OC)c1Cl. The summed E-state index contributed by atoms with van der Waals surface area (Å²) in [5.74, 6) is 0.793. The van der Waals surface area contributed by atoms with Crippen LogP contribution in [0.15, 0.2) is 29.4 Å². The number of hydrogen-bond donors (Lipinski definition) is 1. The monoisotopic (exact) mass is 372 g/mol. The molecule has 0 fully saturated rings. The molecule has 0 heterocycles. The summed E-state index contributed by atoms with van der Waals surface area (Å²) < 4.78 is 10.5. The van der Waals surface area contributed by atoms with Crippen molar-refractivity contribution in [1.82, 2.24) is 0 Å². The molecular weight excluding hydrogens is 359 g/mol. The molecule has 0 amide bonds. The lowest BCUT2D eigenvalue weighted by atomic mass is 10.2. The third-order valence-corrected chi connectivity index (χ3v) is 4.17. The summed E-state index contributed by atoms with van der Waals surface area (Å²) >= 11 is 18.4. The average molecular weight is 374 g/mol. The zero-order valence-corrected chi connectivity index (χ0v) is 15.1. The lowest BCUT2D eigenvalue weighted by molar-refractivity contribution is 0.394. The number of nitrogens with zero attached hydrogens (tertiary/aromatic N) is 1. The largest absolute Gasteiger partial charge is 0.494 e. The molecule has 2 rings (SSSR count). The van der Waals surface area contributed by atoms with Gasteiger partial charge in [0.05, 0.1) is 31.1 Å². The molecule has 0 unspecified atom stereocenters. The van der Waals surface area contributed by atoms with Crippen molar-refractivity contribution in [2.75, 3.05) is 19.6 Å². The maximum atomic E-state index is 6.22. The second-order valence-corrected chi connectivity index (χ2v) is 5.85. The number of ether oxygens (including phenoxy) is 2. The minimum Gasteiger partial charge on any atom is -0.494 e. The Labute approximate surface area is 150 Å². The molecule has 1 N–H and O–H groups in total. The van der Waals surface area contributed by atoms with Gasteiger partial charge in [-0.25, -0.2) is 0 Å². The summed E-state index contributed by atoms with van der Waals surface area (Å²) in [5.41, 5.74) is 5.27. The van der Waals surface area contributed by atoms with E-state index in [-0.39, 0.29) is 0 Å². The molecule has 0 aromatic heterocycles. The highest BCUT2D eigenvalue weighted by Gasteiger charge is 2.16. The maximum Gasteiger partial charge on any atom is 0.159 e. The van der Waals surface area contributed by atoms with E-state index in [0.717, 1.165) is 11.3 Å². The fraction of sp³-hybridized carbons (Fsp3) is 0.188. The van der Waals surface area contributed by atoms with Crippen LogP contribution >= 0.6 is 34.8 Å². The highest BCUT2D eigenvalue weighted by Crippen LogP contribution is 2.41. The van der Waals surface area contributed by atoms with Crippen molar-refractivity contribution in [3.05, 3.63) is 50.5 Å². The fourth-order valence-corrected chi connectivity index (χ4v) is 2.81. The van der Waals surface area contributed by atoms with Crippen LogP contribution in [-0.4, -0.2) is 20.4 Å². The van der Waals surface area contributed by atoms with Crippen LogP contribution < -0.4 is 14.9 Å². The van der Waals surface area contributed by atoms with Crippen molar-refractivity contribution in [3.8, 4) is 11.5 Å². The van der Waals surface area contributed by atoms with E-state index >= 15 is 0 Å². The Morgan fingerprint density at radius 2 is 1.70 bits per heavy atom. The highest BCUT2D eigenvalue weighted by molar-refractivity contribution is 6.38. The van der Waals surface area contributed by atoms with E-state index in [2.05, 4.69) is 10.5 Å². The second kappa shape index (κ2) is 7.77. The minimum absolute atomic E-state index is 0.294. The molecule has 4 nitrogen and oxygen atoms in total. The number of hydrogen-bond acceptors (Lipinski definition) is 4. The molecule has 0 atom stereocenters. The number of nitrogens with one attached hydrogen (secondary N) is 1. The Bertz CT molecular complexity index is 749. The van der Waals surface area contributed by atoms with Crippen molar-refractivity contribution in [3.63, 3.8) is 0 Å². The van der Waals surface area contributed by atoms with Crippen molar-refractivity contribution in [1.29, 1.82) is 0 Å². The Morgan fingerprint density at radius 1 is 1.00 bits per heavy atom. The lowest BCUT2D eigenvalue weighted by Gasteiger charge is -2.12. The predicted octanol–water partition coefficient (Wildman–Crippen LogP) is 5.42. The zero-order valence-electron chi connectivity index (χ0n) is 12.8. The first kappa shape index (κ1) is 17.7. The Hall–Kier alpha value is -1.62. The summed E-state index contributed by atoms with van der Waals surface area (Å²) in [4.78, 5) is 0. The minimum atomic E-state index is 0.294. The van der Waals surface area contributed by atoms with E-state index in [1.165, 1.54) is 14.2 Å². The first-order valence-corrected chi connectivity index (χ1v) is 7.76. The number of methoxy groups -OCH3 is 2. The van der Waals surface area contributed by atoms with Crippen molar-refractivity contribution >= 4 is 46.7 Å². The first-order chi connectivity index (χ1) is 11.0. The van der Waals surface area contributed by atoms with Gasteiger partial charge in [-0.3, -0.25) is 5.43 Å². The number of halogens is 3. The van der Waals surface area contributed by atoms with E-state index in [0.29, 0.717) is 32.1 Å². The molecule has 0 bridgehead atoms. The van der Waals surface area contributed by atoms with Crippen LogP contribution in [0.3, 0.4) is 0 Å². The van der Waals surface area contributed by atoms with Gasteiger partial charge in [-0.05, 0) is 30.7 Å². The first-order valence-electron chi connectivity index (χ1n) is 6.63. The van der Waals surface area contributed by atoms with Gasteiger partial charge < -0.3 is 9.47 Å². The number of rotatable bonds is 5. The molecule has 0 saturated heterocycles. The van der Waals surface area contributed by atoms with Crippen molar-refractivity contribution < 1.29 is 9.47 Å². The molecule has 0 spiro atoms. The predicted molar refractivity (Wildman–Crippen MR) is 97.0 cm³/mol. The van der Waals surface area contributed by atoms with Gasteiger partial charge in [-0.15, -0.1) is 0 Å². The third-order valence-electron chi connectivity index (χ3n) is 3.14. The molecule has 122 valence electrons. The number of aryl methyl sites for hydroxylation is 1. The van der Waals surface area contributed by atoms with Crippen LogP contribution in [0.2, 0.25) is 15.1 Å². The van der Waals surface area contributed by atoms with E-state index < -0.39 is 0 Å². The molecule has 2 aromatic rings. The van der Waals surface area contributed by atoms with Crippen LogP contribution in [0.4, 0.5) is 5.69 Å². The Kier molecular flexibility index (Phi) is 5.99. The molecule has 0 aliphatic carbocycles. The number of anilines is 1. The van der Waals surface area contributed by atoms with Crippen molar-refractivity contribution in [2.45, 2.75) is 6.92 Å². The molecule has 0 aliphatic rings. The summed E-state index contributed by atoms with van der Waals surface area (Å²) in [5, 5.41) is 5.49. The summed E-state index contributed by atoms with van der Waals surface area (Å²) in [6.45, 7) is 1.93. The topological polar surface area (TPSA) is 42.8 Å². The van der Waals surface area contributed by atoms with Gasteiger partial charge in [-0.1, -0.05) is 40.9 Å². The average Bonchev–Trinajstić information content (AvgIpc) is 2.51. The van der Waals surface area contributed by atoms with Crippen LogP contribution in [0, 0.1) is 6.92 Å². The van der Waals surface area contributed by atoms with Gasteiger partial charge in [0.25, 0.3) is 0 Å². The van der Waals surface area contributed by atoms with Crippen LogP contribution in [0.5, 0.6) is 11.5 Å². The highest BCUT2D eigenvalue weighted by atomic mass is 35.5. The van der Waals surface area contributed by atoms with Crippen LogP contribution in [0.25, 0.3) is 0 Å². The second-order valence-electron chi connectivity index (χ2n) is 4.66. The van der Waals surface area contributed by atoms with Crippen LogP contribution in [0.1, 0.15) is 11.1 Å². The lowest BCUT2D eigenvalue weighted by Crippen LogP contribution is -1.97. The van der Waals surface area contributed by atoms with Gasteiger partial charge in [0.2, 0.25) is 0 Å². The van der Waals surface area contributed by atoms with Gasteiger partial charge in [-0.2, -0.15) is 5.10 Å². The zero-order chi connectivity index (χ0) is 17.0. The molecule has 7 heteroatoms. The molecule has 0 saturated carbocycles. The van der Waals surface area contributed by atoms with Crippen LogP contribution in [-0.2, 0) is 0 Å². The molecule has 0 aliphatic heterocycles. The molecule has 23 heavy (non-hydrogen) atoms. The standard InChI is InChI=1S/C16H15Cl3N2O2/c1-9-4-5-11(7-12(9)17)21-20-8-10-6-13(18)16(23-3)14(19)15(10)22-2/h4-8,21H,1-3H3/b20-8+. The van der Waals surface area contributed by atoms with Gasteiger partial charge in [0.15, 0.2) is 5.75 Å². The van der Waals surface area contributed by atoms with E-state index in [1.807, 2.05) is 19.1 Å². The third kappa shape index (κ3) is 4.02. The molecular formula is C16H15Cl3N2O2. The summed E-state index contributed by atoms with van der Waals surface area (Å²) in [6, 6.07) is 7.24. The van der Waals surface area contributed by atoms with Gasteiger partial charge >= 0.3 is 0 Å². The number of benzene rings is 2. The quantitative estimate of drug-likeness (QED) is 0.562. The van der Waals surface area contributed by atoms with E-state index in [1.54, 1.807) is 18.3 Å². The van der Waals surface area contributed by atoms with E-state index in [9.17, 15) is 0 Å². The molecule has 0 radical (unpaired) electrons. The van der Waals surface area contributed by atoms with Crippen molar-refractivity contribution in [2.24, 2.45) is 5.10 Å². The Balaban J connectivity index is 2.26. The summed E-state index contributed by atoms with van der Waals surface area (Å²) in [7, 11) is 3.00. The van der Waals surface area contributed by atoms with Gasteiger partial charge in [0, 0.05) is 10.6 Å². The van der Waals surface area contributed by atoms with E-state index in [4.69, 9.17) is 44.3 Å². The maximum absolute atomic E-state index is 6.22. The fourth-order valence-electron chi connectivity index (χ4n) is 1.93. The summed E-state index contributed by atoms with van der Waals surface area (Å²) in [6.07, 6.45) is 1.56.